The number of Topliss-reactive ketones (excluding diaryl/α,β-unsaturated/α-hetero) is 1. The van der Waals surface area contributed by atoms with Crippen molar-refractivity contribution >= 4 is 5.78 Å². The molecule has 1 unspecified atom stereocenters. The van der Waals surface area contributed by atoms with E-state index in [4.69, 9.17) is 0 Å². The van der Waals surface area contributed by atoms with Crippen LogP contribution in [0.15, 0.2) is 0 Å². The quantitative estimate of drug-likeness (QED) is 0.667. The average molecular weight is 183 g/mol. The van der Waals surface area contributed by atoms with Crippen LogP contribution in [0.4, 0.5) is 0 Å². The predicted octanol–water partition coefficient (Wildman–Crippen LogP) is 2.09. The van der Waals surface area contributed by atoms with Gasteiger partial charge in [0, 0.05) is 32.0 Å². The van der Waals surface area contributed by atoms with Crippen LogP contribution in [0, 0.1) is 5.92 Å². The van der Waals surface area contributed by atoms with Crippen LogP contribution in [-0.4, -0.2) is 29.8 Å². The minimum atomic E-state index is 0.438. The molecule has 0 aliphatic carbocycles. The number of carbonyl (C=O) groups excluding carboxylic acids is 1. The molecule has 0 bridgehead atoms. The number of nitrogens with zero attached hydrogens (tertiary/aromatic N) is 1. The standard InChI is InChI=1S/C11H21NO/c1-9(2)8-10(3)12-6-4-11(13)5-7-12/h9-10H,4-8H2,1-3H3. The first-order chi connectivity index (χ1) is 6.09. The summed E-state index contributed by atoms with van der Waals surface area (Å²) in [6, 6.07) is 0.646. The van der Waals surface area contributed by atoms with Gasteiger partial charge in [0.15, 0.2) is 0 Å². The van der Waals surface area contributed by atoms with E-state index in [1.807, 2.05) is 0 Å². The van der Waals surface area contributed by atoms with Gasteiger partial charge in [0.05, 0.1) is 0 Å². The van der Waals surface area contributed by atoms with Crippen molar-refractivity contribution in [3.05, 3.63) is 0 Å². The molecule has 1 aliphatic rings. The lowest BCUT2D eigenvalue weighted by atomic mass is 10.0. The maximum absolute atomic E-state index is 11.0. The zero-order valence-electron chi connectivity index (χ0n) is 9.05. The number of hydrogen-bond donors (Lipinski definition) is 0. The molecule has 1 rings (SSSR count). The molecule has 1 heterocycles. The van der Waals surface area contributed by atoms with E-state index in [2.05, 4.69) is 25.7 Å². The van der Waals surface area contributed by atoms with E-state index >= 15 is 0 Å². The molecule has 2 heteroatoms. The maximum atomic E-state index is 11.0. The summed E-state index contributed by atoms with van der Waals surface area (Å²) in [6.45, 7) is 8.74. The van der Waals surface area contributed by atoms with Crippen molar-refractivity contribution in [1.82, 2.24) is 4.90 Å². The Labute approximate surface area is 81.3 Å². The highest BCUT2D eigenvalue weighted by Crippen LogP contribution is 2.15. The van der Waals surface area contributed by atoms with Crippen LogP contribution >= 0.6 is 0 Å². The van der Waals surface area contributed by atoms with Crippen molar-refractivity contribution in [3.63, 3.8) is 0 Å². The topological polar surface area (TPSA) is 20.3 Å². The van der Waals surface area contributed by atoms with Gasteiger partial charge in [0.2, 0.25) is 0 Å². The Balaban J connectivity index is 2.31. The minimum Gasteiger partial charge on any atom is -0.300 e. The zero-order chi connectivity index (χ0) is 9.84. The molecule has 1 atom stereocenters. The van der Waals surface area contributed by atoms with Crippen molar-refractivity contribution in [3.8, 4) is 0 Å². The van der Waals surface area contributed by atoms with Crippen molar-refractivity contribution in [2.75, 3.05) is 13.1 Å². The van der Waals surface area contributed by atoms with Gasteiger partial charge in [-0.1, -0.05) is 13.8 Å². The van der Waals surface area contributed by atoms with Crippen molar-refractivity contribution in [2.45, 2.75) is 46.1 Å². The third-order valence-electron chi connectivity index (χ3n) is 2.79. The molecule has 76 valence electrons. The van der Waals surface area contributed by atoms with Crippen LogP contribution in [0.25, 0.3) is 0 Å². The largest absolute Gasteiger partial charge is 0.300 e. The first-order valence-corrected chi connectivity index (χ1v) is 5.35. The molecule has 0 radical (unpaired) electrons. The van der Waals surface area contributed by atoms with E-state index in [0.717, 1.165) is 31.8 Å². The van der Waals surface area contributed by atoms with Crippen molar-refractivity contribution < 1.29 is 4.79 Å². The molecule has 0 aromatic heterocycles. The second kappa shape index (κ2) is 4.75. The summed E-state index contributed by atoms with van der Waals surface area (Å²) in [4.78, 5) is 13.5. The van der Waals surface area contributed by atoms with E-state index < -0.39 is 0 Å². The van der Waals surface area contributed by atoms with Gasteiger partial charge in [-0.25, -0.2) is 0 Å². The van der Waals surface area contributed by atoms with Crippen molar-refractivity contribution in [2.24, 2.45) is 5.92 Å². The molecule has 2 nitrogen and oxygen atoms in total. The minimum absolute atomic E-state index is 0.438. The second-order valence-electron chi connectivity index (χ2n) is 4.55. The fourth-order valence-corrected chi connectivity index (χ4v) is 2.05. The highest BCUT2D eigenvalue weighted by molar-refractivity contribution is 5.79. The monoisotopic (exact) mass is 183 g/mol. The molecular weight excluding hydrogens is 162 g/mol. The molecule has 1 fully saturated rings. The summed E-state index contributed by atoms with van der Waals surface area (Å²) in [6.07, 6.45) is 2.78. The SMILES string of the molecule is CC(C)CC(C)N1CCC(=O)CC1. The Morgan fingerprint density at radius 3 is 2.23 bits per heavy atom. The lowest BCUT2D eigenvalue weighted by Gasteiger charge is -2.32. The normalized spacial score (nSPS) is 22.3. The van der Waals surface area contributed by atoms with Gasteiger partial charge in [-0.2, -0.15) is 0 Å². The molecule has 1 aliphatic heterocycles. The third-order valence-corrected chi connectivity index (χ3v) is 2.79. The zero-order valence-corrected chi connectivity index (χ0v) is 9.05. The Bertz CT molecular complexity index is 167. The summed E-state index contributed by atoms with van der Waals surface area (Å²) in [5, 5.41) is 0. The van der Waals surface area contributed by atoms with Gasteiger partial charge < -0.3 is 0 Å². The molecule has 0 aromatic rings. The highest BCUT2D eigenvalue weighted by atomic mass is 16.1. The lowest BCUT2D eigenvalue weighted by Crippen LogP contribution is -2.40. The van der Waals surface area contributed by atoms with Gasteiger partial charge in [0.1, 0.15) is 5.78 Å². The number of rotatable bonds is 3. The van der Waals surface area contributed by atoms with E-state index in [1.54, 1.807) is 0 Å². The van der Waals surface area contributed by atoms with Crippen LogP contribution in [0.2, 0.25) is 0 Å². The Morgan fingerprint density at radius 1 is 1.23 bits per heavy atom. The van der Waals surface area contributed by atoms with Crippen LogP contribution < -0.4 is 0 Å². The predicted molar refractivity (Wildman–Crippen MR) is 54.7 cm³/mol. The van der Waals surface area contributed by atoms with Crippen LogP contribution in [0.3, 0.4) is 0 Å². The van der Waals surface area contributed by atoms with Crippen molar-refractivity contribution in [1.29, 1.82) is 0 Å². The second-order valence-corrected chi connectivity index (χ2v) is 4.55. The third kappa shape index (κ3) is 3.47. The highest BCUT2D eigenvalue weighted by Gasteiger charge is 2.20. The lowest BCUT2D eigenvalue weighted by molar-refractivity contribution is -0.121. The van der Waals surface area contributed by atoms with Gasteiger partial charge >= 0.3 is 0 Å². The van der Waals surface area contributed by atoms with E-state index in [0.29, 0.717) is 11.8 Å². The first kappa shape index (κ1) is 10.7. The van der Waals surface area contributed by atoms with Gasteiger partial charge in [-0.3, -0.25) is 9.69 Å². The molecule has 0 spiro atoms. The van der Waals surface area contributed by atoms with Gasteiger partial charge in [0.25, 0.3) is 0 Å². The average Bonchev–Trinajstić information content (AvgIpc) is 2.04. The molecule has 0 saturated carbocycles. The molecule has 13 heavy (non-hydrogen) atoms. The van der Waals surface area contributed by atoms with Crippen LogP contribution in [0.1, 0.15) is 40.0 Å². The molecule has 0 N–H and O–H groups in total. The summed E-state index contributed by atoms with van der Waals surface area (Å²) < 4.78 is 0. The number of likely N-dealkylation sites (tertiary alicyclic amines) is 1. The summed E-state index contributed by atoms with van der Waals surface area (Å²) in [5.74, 6) is 1.20. The van der Waals surface area contributed by atoms with Gasteiger partial charge in [-0.15, -0.1) is 0 Å². The Hall–Kier alpha value is -0.370. The van der Waals surface area contributed by atoms with Crippen LogP contribution in [0.5, 0.6) is 0 Å². The molecular formula is C11H21NO. The first-order valence-electron chi connectivity index (χ1n) is 5.35. The number of piperidine rings is 1. The fraction of sp³-hybridized carbons (Fsp3) is 0.909. The Kier molecular flexibility index (Phi) is 3.91. The van der Waals surface area contributed by atoms with Crippen LogP contribution in [-0.2, 0) is 4.79 Å². The summed E-state index contributed by atoms with van der Waals surface area (Å²) in [5.41, 5.74) is 0. The van der Waals surface area contributed by atoms with E-state index in [9.17, 15) is 4.79 Å². The molecule has 0 amide bonds. The van der Waals surface area contributed by atoms with Gasteiger partial charge in [-0.05, 0) is 19.3 Å². The summed E-state index contributed by atoms with van der Waals surface area (Å²) >= 11 is 0. The van der Waals surface area contributed by atoms with E-state index in [-0.39, 0.29) is 0 Å². The molecule has 0 aromatic carbocycles. The fourth-order valence-electron chi connectivity index (χ4n) is 2.05. The molecule has 1 saturated heterocycles. The number of hydrogen-bond acceptors (Lipinski definition) is 2. The Morgan fingerprint density at radius 2 is 1.77 bits per heavy atom. The number of ketones is 1. The van der Waals surface area contributed by atoms with E-state index in [1.165, 1.54) is 6.42 Å². The number of carbonyl (C=O) groups is 1. The summed E-state index contributed by atoms with van der Waals surface area (Å²) in [7, 11) is 0. The maximum Gasteiger partial charge on any atom is 0.135 e. The smallest absolute Gasteiger partial charge is 0.135 e.